The Bertz CT molecular complexity index is 336. The maximum atomic E-state index is 4.48. The van der Waals surface area contributed by atoms with Gasteiger partial charge in [-0.05, 0) is 0 Å². The Kier molecular flexibility index (Phi) is 8.09. The van der Waals surface area contributed by atoms with Gasteiger partial charge < -0.3 is 11.5 Å². The third-order valence-corrected chi connectivity index (χ3v) is 2.04. The summed E-state index contributed by atoms with van der Waals surface area (Å²) in [6.45, 7) is 0.755. The van der Waals surface area contributed by atoms with Crippen molar-refractivity contribution in [3.05, 3.63) is 77.7 Å². The summed E-state index contributed by atoms with van der Waals surface area (Å²) in [7, 11) is 0. The summed E-state index contributed by atoms with van der Waals surface area (Å²) >= 11 is 0. The van der Waals surface area contributed by atoms with Gasteiger partial charge in [0.15, 0.2) is 0 Å². The van der Waals surface area contributed by atoms with E-state index in [1.807, 2.05) is 48.5 Å². The Labute approximate surface area is 122 Å². The van der Waals surface area contributed by atoms with Crippen molar-refractivity contribution >= 4 is 5.69 Å². The number of benzene rings is 2. The van der Waals surface area contributed by atoms with Gasteiger partial charge in [-0.1, -0.05) is 66.2 Å². The van der Waals surface area contributed by atoms with Gasteiger partial charge in [-0.25, -0.2) is 0 Å². The molecule has 2 nitrogen and oxygen atoms in total. The maximum absolute atomic E-state index is 4.48. The molecule has 0 aliphatic carbocycles. The van der Waals surface area contributed by atoms with E-state index in [0.717, 1.165) is 12.2 Å². The van der Waals surface area contributed by atoms with Gasteiger partial charge in [0.25, 0.3) is 0 Å². The molecule has 0 unspecified atom stereocenters. The molecule has 0 atom stereocenters. The van der Waals surface area contributed by atoms with Gasteiger partial charge in [0.05, 0.1) is 0 Å². The normalized spacial score (nSPS) is 8.50. The van der Waals surface area contributed by atoms with Crippen molar-refractivity contribution in [2.24, 2.45) is 0 Å². The van der Waals surface area contributed by atoms with Crippen molar-refractivity contribution in [3.63, 3.8) is 0 Å². The first-order chi connectivity index (χ1) is 6.95. The third-order valence-electron chi connectivity index (χ3n) is 2.04. The molecule has 2 rings (SSSR count). The molecule has 3 heteroatoms. The second kappa shape index (κ2) is 8.46. The van der Waals surface area contributed by atoms with Crippen LogP contribution in [-0.4, -0.2) is 0 Å². The van der Waals surface area contributed by atoms with Crippen LogP contribution in [0.15, 0.2) is 60.7 Å². The summed E-state index contributed by atoms with van der Waals surface area (Å²) in [6.07, 6.45) is 0. The molecule has 0 saturated carbocycles. The Balaban J connectivity index is 0.00000112. The first-order valence-electron chi connectivity index (χ1n) is 4.71. The van der Waals surface area contributed by atoms with E-state index in [-0.39, 0.29) is 38.9 Å². The second-order valence-corrected chi connectivity index (χ2v) is 3.14. The van der Waals surface area contributed by atoms with Gasteiger partial charge in [-0.15, -0.1) is 12.2 Å². The zero-order valence-electron chi connectivity index (χ0n) is 9.08. The molecule has 0 amide bonds. The molecule has 0 saturated heterocycles. The van der Waals surface area contributed by atoms with Crippen LogP contribution in [0.5, 0.6) is 0 Å². The van der Waals surface area contributed by atoms with E-state index < -0.39 is 0 Å². The number of hydrogen-bond acceptors (Lipinski definition) is 0. The predicted molar refractivity (Wildman–Crippen MR) is 64.9 cm³/mol. The van der Waals surface area contributed by atoms with Crippen molar-refractivity contribution in [3.8, 4) is 0 Å². The Hall–Kier alpha value is -0.696. The van der Waals surface area contributed by atoms with Crippen LogP contribution >= 0.6 is 0 Å². The van der Waals surface area contributed by atoms with Crippen LogP contribution in [0.2, 0.25) is 0 Å². The molecule has 81 valence electrons. The van der Waals surface area contributed by atoms with E-state index in [1.54, 1.807) is 0 Å². The van der Waals surface area contributed by atoms with E-state index in [2.05, 4.69) is 17.4 Å². The van der Waals surface area contributed by atoms with Crippen LogP contribution in [0.1, 0.15) is 5.56 Å². The minimum Gasteiger partial charge on any atom is -0.693 e. The molecule has 0 fully saturated rings. The molecule has 16 heavy (non-hydrogen) atoms. The predicted octanol–water partition coefficient (Wildman–Crippen LogP) is 4.61. The molecular formula is C13H14N2Y-2. The second-order valence-electron chi connectivity index (χ2n) is 3.14. The number of nitrogens with two attached hydrogens (primary N) is 1. The van der Waals surface area contributed by atoms with Crippen LogP contribution in [-0.2, 0) is 39.3 Å². The van der Waals surface area contributed by atoms with Crippen molar-refractivity contribution in [1.82, 2.24) is 0 Å². The molecule has 2 aromatic rings. The number of nitrogens with zero attached hydrogens (tertiary/aromatic N) is 1. The van der Waals surface area contributed by atoms with Gasteiger partial charge in [0.2, 0.25) is 0 Å². The Morgan fingerprint density at radius 3 is 1.81 bits per heavy atom. The minimum absolute atomic E-state index is 0. The Morgan fingerprint density at radius 1 is 0.750 bits per heavy atom. The minimum atomic E-state index is 0. The van der Waals surface area contributed by atoms with Gasteiger partial charge in [-0.3, -0.25) is 0 Å². The van der Waals surface area contributed by atoms with Gasteiger partial charge in [-0.2, -0.15) is 0 Å². The zero-order chi connectivity index (χ0) is 9.64. The van der Waals surface area contributed by atoms with E-state index in [4.69, 9.17) is 0 Å². The smallest absolute Gasteiger partial charge is 0 e. The summed E-state index contributed by atoms with van der Waals surface area (Å²) in [5, 5.41) is 4.48. The quantitative estimate of drug-likeness (QED) is 0.791. The van der Waals surface area contributed by atoms with Crippen LogP contribution in [0.25, 0.3) is 11.5 Å². The molecule has 0 heterocycles. The average Bonchev–Trinajstić information content (AvgIpc) is 2.29. The zero-order valence-corrected chi connectivity index (χ0v) is 11.9. The van der Waals surface area contributed by atoms with Crippen LogP contribution in [0.4, 0.5) is 5.69 Å². The molecule has 0 bridgehead atoms. The third kappa shape index (κ3) is 4.89. The molecule has 0 aromatic heterocycles. The van der Waals surface area contributed by atoms with Crippen molar-refractivity contribution in [1.29, 1.82) is 0 Å². The number of para-hydroxylation sites is 1. The molecule has 1 radical (unpaired) electrons. The van der Waals surface area contributed by atoms with Crippen molar-refractivity contribution < 1.29 is 32.7 Å². The monoisotopic (exact) mass is 287 g/mol. The average molecular weight is 287 g/mol. The maximum Gasteiger partial charge on any atom is 0 e. The number of hydrogen-bond donors (Lipinski definition) is 0. The SMILES string of the molecule is [NH2-].[Y].c1ccc(C[N-]c2ccccc2)cc1. The van der Waals surface area contributed by atoms with Crippen LogP contribution in [0, 0.1) is 0 Å². The molecule has 2 aromatic carbocycles. The summed E-state index contributed by atoms with van der Waals surface area (Å²) < 4.78 is 0. The Morgan fingerprint density at radius 2 is 1.25 bits per heavy atom. The van der Waals surface area contributed by atoms with Crippen LogP contribution < -0.4 is 0 Å². The molecular weight excluding hydrogens is 273 g/mol. The van der Waals surface area contributed by atoms with E-state index in [9.17, 15) is 0 Å². The molecule has 2 N–H and O–H groups in total. The fraction of sp³-hybridized carbons (Fsp3) is 0.0769. The van der Waals surface area contributed by atoms with E-state index >= 15 is 0 Å². The standard InChI is InChI=1S/C13H12N.H2N.Y/c1-3-7-12(8-4-1)11-14-13-9-5-2-6-10-13;;/h1-10H,11H2;1H2;/q2*-1;. The molecule has 0 aliphatic heterocycles. The molecule has 0 spiro atoms. The van der Waals surface area contributed by atoms with E-state index in [0.29, 0.717) is 0 Å². The fourth-order valence-electron chi connectivity index (χ4n) is 1.30. The topological polar surface area (TPSA) is 47.6 Å². The largest absolute Gasteiger partial charge is 0.693 e. The van der Waals surface area contributed by atoms with Gasteiger partial charge >= 0.3 is 0 Å². The first-order valence-corrected chi connectivity index (χ1v) is 4.71. The molecule has 0 aliphatic rings. The first kappa shape index (κ1) is 15.3. The van der Waals surface area contributed by atoms with E-state index in [1.165, 1.54) is 5.56 Å². The van der Waals surface area contributed by atoms with Crippen LogP contribution in [0.3, 0.4) is 0 Å². The summed E-state index contributed by atoms with van der Waals surface area (Å²) in [6, 6.07) is 20.3. The van der Waals surface area contributed by atoms with Crippen molar-refractivity contribution in [2.45, 2.75) is 6.54 Å². The number of rotatable bonds is 3. The summed E-state index contributed by atoms with van der Waals surface area (Å²) in [4.78, 5) is 0. The van der Waals surface area contributed by atoms with Gasteiger partial charge in [0, 0.05) is 32.7 Å². The fourth-order valence-corrected chi connectivity index (χ4v) is 1.30. The van der Waals surface area contributed by atoms with Crippen molar-refractivity contribution in [2.75, 3.05) is 0 Å². The summed E-state index contributed by atoms with van der Waals surface area (Å²) in [5.41, 5.74) is 2.28. The summed E-state index contributed by atoms with van der Waals surface area (Å²) in [5.74, 6) is 0. The van der Waals surface area contributed by atoms with Gasteiger partial charge in [0.1, 0.15) is 0 Å².